The van der Waals surface area contributed by atoms with Crippen molar-refractivity contribution >= 4 is 28.8 Å². The highest BCUT2D eigenvalue weighted by atomic mass is 35.5. The second-order valence-electron chi connectivity index (χ2n) is 6.60. The molecular formula is C21H17ClFN5O2. The number of amides is 1. The van der Waals surface area contributed by atoms with Crippen molar-refractivity contribution in [2.45, 2.75) is 13.5 Å². The van der Waals surface area contributed by atoms with Gasteiger partial charge in [0.15, 0.2) is 11.3 Å². The van der Waals surface area contributed by atoms with Crippen LogP contribution >= 0.6 is 11.6 Å². The molecule has 1 amide bonds. The number of nitrogens with zero attached hydrogens (tertiary/aromatic N) is 4. The number of fused-ring (bicyclic) bond motifs is 1. The topological polar surface area (TPSA) is 81.4 Å². The van der Waals surface area contributed by atoms with Gasteiger partial charge in [0.2, 0.25) is 0 Å². The number of hydrogen-bond donors (Lipinski definition) is 1. The van der Waals surface area contributed by atoms with Crippen LogP contribution in [0, 0.1) is 12.7 Å². The van der Waals surface area contributed by atoms with E-state index in [2.05, 4.69) is 20.6 Å². The standard InChI is InChI=1S/C21H17ClFN5O2/c1-12-19(21(29)24-16-5-3-4-14(22)10-16)25-26-20-18(13-6-8-15(23)9-7-13)17(11-30-2)27-28(12)20/h3-10H,11H2,1-2H3,(H,24,29). The Balaban J connectivity index is 1.79. The Morgan fingerprint density at radius 3 is 2.67 bits per heavy atom. The zero-order valence-electron chi connectivity index (χ0n) is 16.2. The summed E-state index contributed by atoms with van der Waals surface area (Å²) in [7, 11) is 1.56. The molecule has 7 nitrogen and oxygen atoms in total. The van der Waals surface area contributed by atoms with Crippen LogP contribution in [0.1, 0.15) is 21.9 Å². The quantitative estimate of drug-likeness (QED) is 0.515. The maximum absolute atomic E-state index is 13.4. The molecule has 0 unspecified atom stereocenters. The first kappa shape index (κ1) is 19.9. The van der Waals surface area contributed by atoms with Crippen molar-refractivity contribution in [3.63, 3.8) is 0 Å². The number of carbonyl (C=O) groups is 1. The summed E-state index contributed by atoms with van der Waals surface area (Å²) in [5, 5.41) is 16.2. The lowest BCUT2D eigenvalue weighted by molar-refractivity contribution is 0.102. The van der Waals surface area contributed by atoms with E-state index in [-0.39, 0.29) is 18.1 Å². The molecule has 2 aromatic heterocycles. The molecule has 9 heteroatoms. The van der Waals surface area contributed by atoms with Crippen LogP contribution in [0.3, 0.4) is 0 Å². The average Bonchev–Trinajstić information content (AvgIpc) is 3.08. The monoisotopic (exact) mass is 425 g/mol. The van der Waals surface area contributed by atoms with E-state index >= 15 is 0 Å². The fourth-order valence-corrected chi connectivity index (χ4v) is 3.36. The maximum atomic E-state index is 13.4. The van der Waals surface area contributed by atoms with Gasteiger partial charge >= 0.3 is 0 Å². The van der Waals surface area contributed by atoms with E-state index in [1.807, 2.05) is 0 Å². The molecular weight excluding hydrogens is 409 g/mol. The first-order valence-electron chi connectivity index (χ1n) is 9.04. The number of anilines is 1. The Morgan fingerprint density at radius 1 is 1.20 bits per heavy atom. The van der Waals surface area contributed by atoms with E-state index < -0.39 is 5.91 Å². The number of ether oxygens (including phenoxy) is 1. The molecule has 0 aliphatic rings. The van der Waals surface area contributed by atoms with Gasteiger partial charge in [-0.15, -0.1) is 10.2 Å². The normalized spacial score (nSPS) is 11.1. The number of nitrogens with one attached hydrogen (secondary N) is 1. The van der Waals surface area contributed by atoms with Crippen LogP contribution in [0.5, 0.6) is 0 Å². The molecule has 0 atom stereocenters. The summed E-state index contributed by atoms with van der Waals surface area (Å²) in [5.74, 6) is -0.776. The lowest BCUT2D eigenvalue weighted by atomic mass is 10.1. The fourth-order valence-electron chi connectivity index (χ4n) is 3.17. The summed E-state index contributed by atoms with van der Waals surface area (Å²) < 4.78 is 20.2. The summed E-state index contributed by atoms with van der Waals surface area (Å²) in [4.78, 5) is 12.8. The Labute approximate surface area is 176 Å². The van der Waals surface area contributed by atoms with Crippen molar-refractivity contribution in [3.05, 3.63) is 76.5 Å². The lowest BCUT2D eigenvalue weighted by Gasteiger charge is -2.08. The van der Waals surface area contributed by atoms with E-state index in [0.717, 1.165) is 5.56 Å². The Morgan fingerprint density at radius 2 is 1.97 bits per heavy atom. The first-order chi connectivity index (χ1) is 14.5. The summed E-state index contributed by atoms with van der Waals surface area (Å²) in [6, 6.07) is 12.8. The van der Waals surface area contributed by atoms with Crippen LogP contribution in [-0.2, 0) is 11.3 Å². The molecule has 0 fully saturated rings. The van der Waals surface area contributed by atoms with E-state index in [0.29, 0.717) is 33.3 Å². The molecule has 152 valence electrons. The van der Waals surface area contributed by atoms with Crippen molar-refractivity contribution < 1.29 is 13.9 Å². The molecule has 4 rings (SSSR count). The van der Waals surface area contributed by atoms with Gasteiger partial charge < -0.3 is 10.1 Å². The number of benzene rings is 2. The lowest BCUT2D eigenvalue weighted by Crippen LogP contribution is -2.18. The summed E-state index contributed by atoms with van der Waals surface area (Å²) in [6.07, 6.45) is 0. The van der Waals surface area contributed by atoms with Gasteiger partial charge in [-0.1, -0.05) is 29.8 Å². The van der Waals surface area contributed by atoms with Crippen LogP contribution in [0.25, 0.3) is 16.8 Å². The Bertz CT molecular complexity index is 1240. The number of aryl methyl sites for hydroxylation is 1. The smallest absolute Gasteiger partial charge is 0.278 e. The molecule has 30 heavy (non-hydrogen) atoms. The van der Waals surface area contributed by atoms with Crippen molar-refractivity contribution in [1.82, 2.24) is 19.8 Å². The zero-order chi connectivity index (χ0) is 21.3. The molecule has 0 saturated heterocycles. The fraction of sp³-hybridized carbons (Fsp3) is 0.143. The highest BCUT2D eigenvalue weighted by Crippen LogP contribution is 2.29. The molecule has 2 heterocycles. The van der Waals surface area contributed by atoms with Gasteiger partial charge in [-0.25, -0.2) is 8.91 Å². The molecule has 0 aliphatic carbocycles. The van der Waals surface area contributed by atoms with Crippen LogP contribution < -0.4 is 5.32 Å². The molecule has 4 aromatic rings. The van der Waals surface area contributed by atoms with Gasteiger partial charge in [0, 0.05) is 17.8 Å². The third-order valence-electron chi connectivity index (χ3n) is 4.55. The van der Waals surface area contributed by atoms with E-state index in [1.54, 1.807) is 54.9 Å². The van der Waals surface area contributed by atoms with Crippen molar-refractivity contribution in [1.29, 1.82) is 0 Å². The highest BCUT2D eigenvalue weighted by molar-refractivity contribution is 6.30. The van der Waals surface area contributed by atoms with Crippen LogP contribution in [0.2, 0.25) is 5.02 Å². The highest BCUT2D eigenvalue weighted by Gasteiger charge is 2.22. The van der Waals surface area contributed by atoms with E-state index in [4.69, 9.17) is 16.3 Å². The van der Waals surface area contributed by atoms with Crippen molar-refractivity contribution in [2.24, 2.45) is 0 Å². The third kappa shape index (κ3) is 3.74. The molecule has 0 radical (unpaired) electrons. The molecule has 0 aliphatic heterocycles. The minimum Gasteiger partial charge on any atom is -0.378 e. The first-order valence-corrected chi connectivity index (χ1v) is 9.42. The number of aromatic nitrogens is 4. The summed E-state index contributed by atoms with van der Waals surface area (Å²) >= 11 is 5.97. The van der Waals surface area contributed by atoms with Crippen molar-refractivity contribution in [2.75, 3.05) is 12.4 Å². The summed E-state index contributed by atoms with van der Waals surface area (Å²) in [5.41, 5.74) is 3.63. The van der Waals surface area contributed by atoms with Crippen LogP contribution in [0.4, 0.5) is 10.1 Å². The maximum Gasteiger partial charge on any atom is 0.278 e. The van der Waals surface area contributed by atoms with Gasteiger partial charge in [-0.3, -0.25) is 4.79 Å². The SMILES string of the molecule is COCc1nn2c(C)c(C(=O)Nc3cccc(Cl)c3)nnc2c1-c1ccc(F)cc1. The molecule has 2 aromatic carbocycles. The third-order valence-corrected chi connectivity index (χ3v) is 4.79. The number of rotatable bonds is 5. The zero-order valence-corrected chi connectivity index (χ0v) is 16.9. The minimum absolute atomic E-state index is 0.125. The largest absolute Gasteiger partial charge is 0.378 e. The Kier molecular flexibility index (Phi) is 5.43. The van der Waals surface area contributed by atoms with Crippen LogP contribution in [-0.4, -0.2) is 32.8 Å². The minimum atomic E-state index is -0.434. The van der Waals surface area contributed by atoms with Crippen LogP contribution in [0.15, 0.2) is 48.5 Å². The van der Waals surface area contributed by atoms with Gasteiger partial charge in [0.25, 0.3) is 5.91 Å². The van der Waals surface area contributed by atoms with Gasteiger partial charge in [0.1, 0.15) is 5.82 Å². The molecule has 0 bridgehead atoms. The van der Waals surface area contributed by atoms with Gasteiger partial charge in [0.05, 0.1) is 23.6 Å². The number of carbonyl (C=O) groups excluding carboxylic acids is 1. The molecule has 0 spiro atoms. The Hall–Kier alpha value is -3.36. The second kappa shape index (κ2) is 8.17. The van der Waals surface area contributed by atoms with Gasteiger partial charge in [-0.2, -0.15) is 5.10 Å². The molecule has 1 N–H and O–H groups in total. The predicted molar refractivity (Wildman–Crippen MR) is 111 cm³/mol. The second-order valence-corrected chi connectivity index (χ2v) is 7.03. The summed E-state index contributed by atoms with van der Waals surface area (Å²) in [6.45, 7) is 1.95. The van der Waals surface area contributed by atoms with Gasteiger partial charge in [-0.05, 0) is 42.8 Å². The van der Waals surface area contributed by atoms with E-state index in [1.165, 1.54) is 12.1 Å². The van der Waals surface area contributed by atoms with E-state index in [9.17, 15) is 9.18 Å². The number of hydrogen-bond acceptors (Lipinski definition) is 5. The number of halogens is 2. The number of methoxy groups -OCH3 is 1. The average molecular weight is 426 g/mol. The predicted octanol–water partition coefficient (Wildman–Crippen LogP) is 4.29. The van der Waals surface area contributed by atoms with Crippen molar-refractivity contribution in [3.8, 4) is 11.1 Å². The molecule has 0 saturated carbocycles.